The summed E-state index contributed by atoms with van der Waals surface area (Å²) in [4.78, 5) is 13.5. The highest BCUT2D eigenvalue weighted by molar-refractivity contribution is 7.52. The van der Waals surface area contributed by atoms with Crippen LogP contribution in [0.4, 0.5) is 0 Å². The summed E-state index contributed by atoms with van der Waals surface area (Å²) >= 11 is 0. The number of quaternary nitrogens is 1. The maximum Gasteiger partial charge on any atom is 0.355 e. The Hall–Kier alpha value is -0.230. The first-order valence-corrected chi connectivity index (χ1v) is 9.47. The molecule has 0 aromatic heterocycles. The lowest BCUT2D eigenvalue weighted by Crippen LogP contribution is -2.36. The second kappa shape index (κ2) is 17.1. The van der Waals surface area contributed by atoms with E-state index in [2.05, 4.69) is 44.2 Å². The molecule has 0 aromatic rings. The van der Waals surface area contributed by atoms with Crippen LogP contribution in [0.3, 0.4) is 0 Å². The van der Waals surface area contributed by atoms with E-state index in [9.17, 15) is 4.57 Å². The monoisotopic (exact) mass is 342 g/mol. The van der Waals surface area contributed by atoms with Gasteiger partial charge in [0.2, 0.25) is 0 Å². The average molecular weight is 342 g/mol. The van der Waals surface area contributed by atoms with Gasteiger partial charge < -0.3 is 14.5 Å². The molecule has 0 saturated heterocycles. The first kappa shape index (κ1) is 26.7. The lowest BCUT2D eigenvalue weighted by molar-refractivity contribution is -0.870. The lowest BCUT2D eigenvalue weighted by Gasteiger charge is -2.21. The van der Waals surface area contributed by atoms with Gasteiger partial charge in [0.25, 0.3) is 0 Å². The summed E-state index contributed by atoms with van der Waals surface area (Å²) in [5, 5.41) is 8.39. The van der Waals surface area contributed by atoms with Gasteiger partial charge in [-0.25, -0.2) is 4.89 Å². The first-order valence-electron chi connectivity index (χ1n) is 7.71. The van der Waals surface area contributed by atoms with Crippen molar-refractivity contribution >= 4 is 7.60 Å². The molecule has 0 saturated carbocycles. The van der Waals surface area contributed by atoms with Crippen LogP contribution in [-0.2, 0) is 14.1 Å². The molecule has 136 valence electrons. The van der Waals surface area contributed by atoms with Gasteiger partial charge in [-0.1, -0.05) is 32.8 Å². The normalized spacial score (nSPS) is 13.1. The van der Waals surface area contributed by atoms with Crippen molar-refractivity contribution in [2.45, 2.75) is 40.0 Å². The van der Waals surface area contributed by atoms with E-state index in [1.54, 1.807) is 13.0 Å². The second-order valence-electron chi connectivity index (χ2n) is 5.70. The van der Waals surface area contributed by atoms with Crippen molar-refractivity contribution in [2.75, 3.05) is 47.1 Å². The van der Waals surface area contributed by atoms with Gasteiger partial charge in [-0.15, -0.1) is 11.3 Å². The van der Waals surface area contributed by atoms with Crippen molar-refractivity contribution in [1.29, 1.82) is 0 Å². The van der Waals surface area contributed by atoms with Gasteiger partial charge in [0.15, 0.2) is 0 Å². The van der Waals surface area contributed by atoms with E-state index in [4.69, 9.17) is 10.00 Å². The van der Waals surface area contributed by atoms with E-state index in [0.29, 0.717) is 6.61 Å². The molecule has 0 heterocycles. The third kappa shape index (κ3) is 31.9. The predicted molar refractivity (Wildman–Crippen MR) is 92.8 cm³/mol. The van der Waals surface area contributed by atoms with Gasteiger partial charge in [-0.3, -0.25) is 4.57 Å². The fourth-order valence-electron chi connectivity index (χ4n) is 0.883. The number of likely N-dealkylation sites (N-methyl/N-ethyl adjacent to an activating group) is 1. The van der Waals surface area contributed by atoms with Gasteiger partial charge in [0.1, 0.15) is 6.54 Å². The van der Waals surface area contributed by atoms with Crippen molar-refractivity contribution in [3.8, 4) is 0 Å². The van der Waals surface area contributed by atoms with E-state index in [-0.39, 0.29) is 12.8 Å². The van der Waals surface area contributed by atoms with Gasteiger partial charge in [-0.2, -0.15) is 0 Å². The number of aliphatic hydroxyl groups excluding tert-OH is 1. The summed E-state index contributed by atoms with van der Waals surface area (Å²) in [6.45, 7) is 10.4. The third-order valence-corrected chi connectivity index (χ3v) is 3.31. The largest absolute Gasteiger partial charge is 0.391 e. The molecule has 0 spiro atoms. The molecule has 0 aliphatic heterocycles. The Morgan fingerprint density at radius 1 is 1.23 bits per heavy atom. The van der Waals surface area contributed by atoms with Crippen molar-refractivity contribution in [3.63, 3.8) is 0 Å². The van der Waals surface area contributed by atoms with Gasteiger partial charge in [-0.05, 0) is 13.3 Å². The van der Waals surface area contributed by atoms with Crippen LogP contribution < -0.4 is 0 Å². The molecule has 2 N–H and O–H groups in total. The number of hydrogen-bond acceptors (Lipinski definition) is 4. The Bertz CT molecular complexity index is 280. The number of hydrogen-bond donors (Lipinski definition) is 2. The average Bonchev–Trinajstić information content (AvgIpc) is 2.39. The maximum absolute atomic E-state index is 10.8. The Labute approximate surface area is 136 Å². The van der Waals surface area contributed by atoms with Crippen LogP contribution in [0.25, 0.3) is 0 Å². The van der Waals surface area contributed by atoms with Crippen molar-refractivity contribution in [1.82, 2.24) is 0 Å². The minimum Gasteiger partial charge on any atom is -0.391 e. The topological polar surface area (TPSA) is 76.0 Å². The summed E-state index contributed by atoms with van der Waals surface area (Å²) in [7, 11) is 2.71. The Morgan fingerprint density at radius 2 is 1.73 bits per heavy atom. The molecule has 22 heavy (non-hydrogen) atoms. The Balaban J connectivity index is -0.000000305. The molecule has 6 nitrogen and oxygen atoms in total. The van der Waals surface area contributed by atoms with Gasteiger partial charge in [0, 0.05) is 6.16 Å². The van der Waals surface area contributed by atoms with Crippen LogP contribution in [0, 0.1) is 0 Å². The van der Waals surface area contributed by atoms with Crippen LogP contribution in [-0.4, -0.2) is 61.5 Å². The molecule has 0 aromatic carbocycles. The number of unbranched alkanes of at least 4 members (excludes halogenated alkanes) is 2. The smallest absolute Gasteiger partial charge is 0.355 e. The SMILES string of the molecule is C=CC.CCCCCOOP(=O)(O)CC.C[N+](C)(C)CCO. The van der Waals surface area contributed by atoms with E-state index in [1.165, 1.54) is 0 Å². The lowest BCUT2D eigenvalue weighted by atomic mass is 10.3. The molecule has 1 atom stereocenters. The minimum atomic E-state index is -3.44. The molecule has 7 heteroatoms. The van der Waals surface area contributed by atoms with Crippen LogP contribution >= 0.6 is 7.60 Å². The van der Waals surface area contributed by atoms with Crippen LogP contribution in [0.2, 0.25) is 0 Å². The highest BCUT2D eigenvalue weighted by Crippen LogP contribution is 2.41. The number of aliphatic hydroxyl groups is 1. The van der Waals surface area contributed by atoms with E-state index < -0.39 is 7.60 Å². The Kier molecular flexibility index (Phi) is 20.8. The molecule has 0 rings (SSSR count). The van der Waals surface area contributed by atoms with E-state index in [0.717, 1.165) is 30.3 Å². The highest BCUT2D eigenvalue weighted by Gasteiger charge is 2.16. The Morgan fingerprint density at radius 3 is 2.00 bits per heavy atom. The summed E-state index contributed by atoms with van der Waals surface area (Å²) in [5.74, 6) is 0. The van der Waals surface area contributed by atoms with E-state index in [1.807, 2.05) is 6.92 Å². The number of rotatable bonds is 9. The number of allylic oxidation sites excluding steroid dienone is 1. The fraction of sp³-hybridized carbons (Fsp3) is 0.867. The second-order valence-corrected chi connectivity index (χ2v) is 7.76. The molecule has 0 radical (unpaired) electrons. The molecule has 0 amide bonds. The van der Waals surface area contributed by atoms with Crippen LogP contribution in [0.1, 0.15) is 40.0 Å². The summed E-state index contributed by atoms with van der Waals surface area (Å²) < 4.78 is 16.0. The van der Waals surface area contributed by atoms with Crippen LogP contribution in [0.5, 0.6) is 0 Å². The first-order chi connectivity index (χ1) is 10.1. The van der Waals surface area contributed by atoms with Gasteiger partial charge >= 0.3 is 7.60 Å². The standard InChI is InChI=1S/C7H17O4P.C5H14NO.C3H6/c1-3-5-6-7-10-11-12(8,9)4-2;1-6(2,3)4-5-7;1-3-2/h3-7H2,1-2H3,(H,8,9);7H,4-5H2,1-3H3;3H,1H2,2H3/q;+1;. The molecular weight excluding hydrogens is 305 g/mol. The third-order valence-electron chi connectivity index (χ3n) is 2.17. The molecule has 0 aliphatic carbocycles. The van der Waals surface area contributed by atoms with Gasteiger partial charge in [0.05, 0.1) is 34.4 Å². The van der Waals surface area contributed by atoms with Crippen molar-refractivity contribution in [3.05, 3.63) is 12.7 Å². The fourth-order valence-corrected chi connectivity index (χ4v) is 1.23. The molecule has 0 fully saturated rings. The molecule has 0 aliphatic rings. The maximum atomic E-state index is 10.8. The summed E-state index contributed by atoms with van der Waals surface area (Å²) in [6.07, 6.45) is 4.83. The molecule has 0 bridgehead atoms. The number of nitrogens with zero attached hydrogens (tertiary/aromatic N) is 1. The van der Waals surface area contributed by atoms with Crippen molar-refractivity contribution in [2.24, 2.45) is 0 Å². The predicted octanol–water partition coefficient (Wildman–Crippen LogP) is 3.21. The zero-order valence-corrected chi connectivity index (χ0v) is 16.1. The summed E-state index contributed by atoms with van der Waals surface area (Å²) in [5.41, 5.74) is 0. The zero-order valence-electron chi connectivity index (χ0n) is 15.2. The highest BCUT2D eigenvalue weighted by atomic mass is 31.2. The van der Waals surface area contributed by atoms with Crippen LogP contribution in [0.15, 0.2) is 12.7 Å². The quantitative estimate of drug-likeness (QED) is 0.168. The van der Waals surface area contributed by atoms with E-state index >= 15 is 0 Å². The molecular formula is C15H37NO5P+. The van der Waals surface area contributed by atoms with Crippen molar-refractivity contribution < 1.29 is 28.6 Å². The zero-order chi connectivity index (χ0) is 18.1. The minimum absolute atomic E-state index is 0.0841. The molecule has 1 unspecified atom stereocenters. The summed E-state index contributed by atoms with van der Waals surface area (Å²) in [6, 6.07) is 0.